The molecular formula is C6H11NO3. The fourth-order valence-corrected chi connectivity index (χ4v) is 0.431. The van der Waals surface area contributed by atoms with E-state index >= 15 is 0 Å². The standard InChI is InChI=1S/C6H11NO3/c1-3-6(2,4(7)8)5(9)10/h3H2,1-2H3,(H2,7,8)(H,9,10)/t6-/m0/s1. The third-order valence-corrected chi connectivity index (χ3v) is 1.72. The molecule has 10 heavy (non-hydrogen) atoms. The van der Waals surface area contributed by atoms with Crippen LogP contribution in [0, 0.1) is 5.41 Å². The molecule has 1 atom stereocenters. The van der Waals surface area contributed by atoms with Gasteiger partial charge in [0, 0.05) is 0 Å². The van der Waals surface area contributed by atoms with Gasteiger partial charge in [-0.05, 0) is 13.3 Å². The van der Waals surface area contributed by atoms with Crippen molar-refractivity contribution in [1.29, 1.82) is 0 Å². The topological polar surface area (TPSA) is 80.4 Å². The highest BCUT2D eigenvalue weighted by Crippen LogP contribution is 2.19. The van der Waals surface area contributed by atoms with E-state index in [1.807, 2.05) is 0 Å². The molecule has 0 aliphatic heterocycles. The first-order valence-corrected chi connectivity index (χ1v) is 2.98. The van der Waals surface area contributed by atoms with Gasteiger partial charge in [-0.25, -0.2) is 0 Å². The van der Waals surface area contributed by atoms with Crippen molar-refractivity contribution in [3.63, 3.8) is 0 Å². The first-order valence-electron chi connectivity index (χ1n) is 2.98. The Hall–Kier alpha value is -1.06. The van der Waals surface area contributed by atoms with Gasteiger partial charge in [0.2, 0.25) is 5.91 Å². The largest absolute Gasteiger partial charge is 0.480 e. The Morgan fingerprint density at radius 2 is 2.00 bits per heavy atom. The Kier molecular flexibility index (Phi) is 2.40. The quantitative estimate of drug-likeness (QED) is 0.547. The van der Waals surface area contributed by atoms with Crippen molar-refractivity contribution < 1.29 is 14.7 Å². The minimum Gasteiger partial charge on any atom is -0.480 e. The molecule has 3 N–H and O–H groups in total. The van der Waals surface area contributed by atoms with E-state index in [2.05, 4.69) is 0 Å². The lowest BCUT2D eigenvalue weighted by Crippen LogP contribution is -2.40. The lowest BCUT2D eigenvalue weighted by atomic mass is 9.87. The summed E-state index contributed by atoms with van der Waals surface area (Å²) in [5, 5.41) is 8.50. The molecule has 0 saturated heterocycles. The van der Waals surface area contributed by atoms with Gasteiger partial charge >= 0.3 is 5.97 Å². The van der Waals surface area contributed by atoms with Crippen molar-refractivity contribution in [3.8, 4) is 0 Å². The highest BCUT2D eigenvalue weighted by Gasteiger charge is 2.37. The van der Waals surface area contributed by atoms with Gasteiger partial charge in [0.25, 0.3) is 0 Å². The number of carboxylic acids is 1. The van der Waals surface area contributed by atoms with E-state index in [9.17, 15) is 9.59 Å². The number of carbonyl (C=O) groups is 2. The molecule has 0 rings (SSSR count). The van der Waals surface area contributed by atoms with E-state index in [-0.39, 0.29) is 6.42 Å². The summed E-state index contributed by atoms with van der Waals surface area (Å²) in [5.41, 5.74) is 3.46. The van der Waals surface area contributed by atoms with Crippen molar-refractivity contribution in [1.82, 2.24) is 0 Å². The van der Waals surface area contributed by atoms with Gasteiger partial charge in [0.05, 0.1) is 0 Å². The predicted molar refractivity (Wildman–Crippen MR) is 35.2 cm³/mol. The van der Waals surface area contributed by atoms with Crippen LogP contribution >= 0.6 is 0 Å². The number of hydrogen-bond donors (Lipinski definition) is 2. The number of nitrogens with two attached hydrogens (primary N) is 1. The van der Waals surface area contributed by atoms with Crippen molar-refractivity contribution in [2.75, 3.05) is 0 Å². The third-order valence-electron chi connectivity index (χ3n) is 1.72. The van der Waals surface area contributed by atoms with Crippen LogP contribution in [0.3, 0.4) is 0 Å². The van der Waals surface area contributed by atoms with Gasteiger partial charge in [0.1, 0.15) is 5.41 Å². The maximum atomic E-state index is 10.5. The molecule has 0 aromatic heterocycles. The fourth-order valence-electron chi connectivity index (χ4n) is 0.431. The summed E-state index contributed by atoms with van der Waals surface area (Å²) < 4.78 is 0. The summed E-state index contributed by atoms with van der Waals surface area (Å²) in [6, 6.07) is 0. The van der Waals surface area contributed by atoms with Gasteiger partial charge in [-0.2, -0.15) is 0 Å². The van der Waals surface area contributed by atoms with Gasteiger partial charge < -0.3 is 10.8 Å². The summed E-state index contributed by atoms with van der Waals surface area (Å²) in [5.74, 6) is -1.95. The molecular weight excluding hydrogens is 134 g/mol. The second kappa shape index (κ2) is 2.68. The van der Waals surface area contributed by atoms with Crippen LogP contribution < -0.4 is 5.73 Å². The lowest BCUT2D eigenvalue weighted by molar-refractivity contribution is -0.153. The average molecular weight is 145 g/mol. The van der Waals surface area contributed by atoms with Crippen LogP contribution in [0.4, 0.5) is 0 Å². The molecule has 0 radical (unpaired) electrons. The molecule has 1 amide bonds. The molecule has 0 fully saturated rings. The number of aliphatic carboxylic acids is 1. The SMILES string of the molecule is CC[C@@](C)(C(N)=O)C(=O)O. The monoisotopic (exact) mass is 145 g/mol. The first kappa shape index (κ1) is 8.94. The maximum Gasteiger partial charge on any atom is 0.318 e. The molecule has 0 aromatic carbocycles. The summed E-state index contributed by atoms with van der Waals surface area (Å²) in [4.78, 5) is 20.9. The molecule has 4 nitrogen and oxygen atoms in total. The van der Waals surface area contributed by atoms with Gasteiger partial charge in [-0.15, -0.1) is 0 Å². The van der Waals surface area contributed by atoms with E-state index < -0.39 is 17.3 Å². The van der Waals surface area contributed by atoms with E-state index in [1.165, 1.54) is 6.92 Å². The lowest BCUT2D eigenvalue weighted by Gasteiger charge is -2.17. The van der Waals surface area contributed by atoms with Gasteiger partial charge in [-0.3, -0.25) is 9.59 Å². The molecule has 0 heterocycles. The molecule has 0 aliphatic carbocycles. The van der Waals surface area contributed by atoms with Crippen LogP contribution in [-0.4, -0.2) is 17.0 Å². The highest BCUT2D eigenvalue weighted by molar-refractivity contribution is 6.00. The minimum absolute atomic E-state index is 0.220. The zero-order valence-corrected chi connectivity index (χ0v) is 6.05. The van der Waals surface area contributed by atoms with Crippen LogP contribution in [0.1, 0.15) is 20.3 Å². The second-order valence-corrected chi connectivity index (χ2v) is 2.36. The van der Waals surface area contributed by atoms with E-state index in [1.54, 1.807) is 6.92 Å². The molecule has 0 saturated carbocycles. The number of hydrogen-bond acceptors (Lipinski definition) is 2. The number of carbonyl (C=O) groups excluding carboxylic acids is 1. The summed E-state index contributed by atoms with van der Waals surface area (Å²) in [6.45, 7) is 2.93. The Balaban J connectivity index is 4.55. The third kappa shape index (κ3) is 1.26. The number of primary amides is 1. The Morgan fingerprint density at radius 3 is 2.00 bits per heavy atom. The maximum absolute atomic E-state index is 10.5. The molecule has 0 aliphatic rings. The molecule has 58 valence electrons. The molecule has 0 unspecified atom stereocenters. The zero-order chi connectivity index (χ0) is 8.36. The Bertz CT molecular complexity index is 150. The van der Waals surface area contributed by atoms with Crippen molar-refractivity contribution >= 4 is 11.9 Å². The van der Waals surface area contributed by atoms with Crippen LogP contribution in [0.2, 0.25) is 0 Å². The van der Waals surface area contributed by atoms with Crippen LogP contribution in [0.25, 0.3) is 0 Å². The molecule has 4 heteroatoms. The van der Waals surface area contributed by atoms with Crippen molar-refractivity contribution in [2.24, 2.45) is 11.1 Å². The number of carboxylic acid groups (broad SMARTS) is 1. The fraction of sp³-hybridized carbons (Fsp3) is 0.667. The predicted octanol–water partition coefficient (Wildman–Crippen LogP) is -0.0274. The normalized spacial score (nSPS) is 15.8. The van der Waals surface area contributed by atoms with Crippen LogP contribution in [-0.2, 0) is 9.59 Å². The Morgan fingerprint density at radius 1 is 1.60 bits per heavy atom. The minimum atomic E-state index is -1.40. The van der Waals surface area contributed by atoms with Gasteiger partial charge in [0.15, 0.2) is 0 Å². The zero-order valence-electron chi connectivity index (χ0n) is 6.05. The Labute approximate surface area is 59.0 Å². The van der Waals surface area contributed by atoms with Crippen molar-refractivity contribution in [2.45, 2.75) is 20.3 Å². The molecule has 0 aromatic rings. The van der Waals surface area contributed by atoms with Crippen LogP contribution in [0.5, 0.6) is 0 Å². The van der Waals surface area contributed by atoms with E-state index in [0.29, 0.717) is 0 Å². The second-order valence-electron chi connectivity index (χ2n) is 2.36. The highest BCUT2D eigenvalue weighted by atomic mass is 16.4. The summed E-state index contributed by atoms with van der Waals surface area (Å²) in [6.07, 6.45) is 0.220. The van der Waals surface area contributed by atoms with E-state index in [4.69, 9.17) is 10.8 Å². The van der Waals surface area contributed by atoms with Gasteiger partial charge in [-0.1, -0.05) is 6.92 Å². The summed E-state index contributed by atoms with van der Waals surface area (Å²) >= 11 is 0. The van der Waals surface area contributed by atoms with E-state index in [0.717, 1.165) is 0 Å². The molecule has 0 spiro atoms. The smallest absolute Gasteiger partial charge is 0.318 e. The number of rotatable bonds is 3. The van der Waals surface area contributed by atoms with Crippen molar-refractivity contribution in [3.05, 3.63) is 0 Å². The molecule has 0 bridgehead atoms. The number of amides is 1. The first-order chi connectivity index (χ1) is 4.45. The van der Waals surface area contributed by atoms with Crippen LogP contribution in [0.15, 0.2) is 0 Å². The average Bonchev–Trinajstić information content (AvgIpc) is 1.85. The summed E-state index contributed by atoms with van der Waals surface area (Å²) in [7, 11) is 0.